The maximum Gasteiger partial charge on any atom is 0.104 e. The molecule has 0 radical (unpaired) electrons. The first kappa shape index (κ1) is 12.3. The van der Waals surface area contributed by atoms with Gasteiger partial charge in [-0.3, -0.25) is 0 Å². The summed E-state index contributed by atoms with van der Waals surface area (Å²) in [6.45, 7) is 2.60. The Balaban J connectivity index is 2.08. The number of rotatable bonds is 2. The maximum atomic E-state index is 10.3. The first-order chi connectivity index (χ1) is 8.18. The number of hydrogen-bond acceptors (Lipinski definition) is 2. The Morgan fingerprint density at radius 3 is 2.82 bits per heavy atom. The largest absolute Gasteiger partial charge is 0.387 e. The zero-order chi connectivity index (χ0) is 12.1. The lowest BCUT2D eigenvalue weighted by atomic mass is 9.93. The smallest absolute Gasteiger partial charge is 0.104 e. The summed E-state index contributed by atoms with van der Waals surface area (Å²) in [7, 11) is 0. The Kier molecular flexibility index (Phi) is 3.97. The summed E-state index contributed by atoms with van der Waals surface area (Å²) in [5.41, 5.74) is 0.387. The summed E-state index contributed by atoms with van der Waals surface area (Å²) in [4.78, 5) is 0. The molecule has 0 amide bonds. The molecule has 2 rings (SSSR count). The molecule has 1 heterocycles. The van der Waals surface area contributed by atoms with E-state index in [1.807, 2.05) is 49.4 Å². The topological polar surface area (TPSA) is 29.5 Å². The van der Waals surface area contributed by atoms with E-state index >= 15 is 0 Å². The molecule has 0 aromatic heterocycles. The summed E-state index contributed by atoms with van der Waals surface area (Å²) in [5, 5.41) is 10.3. The minimum atomic E-state index is -0.748. The van der Waals surface area contributed by atoms with Gasteiger partial charge in [0.15, 0.2) is 0 Å². The van der Waals surface area contributed by atoms with Gasteiger partial charge in [0.25, 0.3) is 0 Å². The number of aliphatic hydroxyl groups is 1. The van der Waals surface area contributed by atoms with E-state index in [0.717, 1.165) is 31.4 Å². The lowest BCUT2D eigenvalue weighted by molar-refractivity contribution is -0.0641. The number of ether oxygens (including phenoxy) is 1. The molecule has 17 heavy (non-hydrogen) atoms. The molecule has 1 aromatic carbocycles. The second-order valence-electron chi connectivity index (χ2n) is 4.88. The second-order valence-corrected chi connectivity index (χ2v) is 4.88. The van der Waals surface area contributed by atoms with Gasteiger partial charge in [-0.1, -0.05) is 42.5 Å². The van der Waals surface area contributed by atoms with Crippen molar-refractivity contribution in [3.05, 3.63) is 42.0 Å². The Bertz CT molecular complexity index is 368. The van der Waals surface area contributed by atoms with Gasteiger partial charge < -0.3 is 9.84 Å². The molecule has 2 atom stereocenters. The fourth-order valence-corrected chi connectivity index (χ4v) is 2.14. The van der Waals surface area contributed by atoms with Crippen LogP contribution < -0.4 is 0 Å². The Morgan fingerprint density at radius 2 is 2.06 bits per heavy atom. The molecule has 1 aliphatic rings. The van der Waals surface area contributed by atoms with Crippen molar-refractivity contribution in [2.24, 2.45) is 0 Å². The van der Waals surface area contributed by atoms with Crippen molar-refractivity contribution < 1.29 is 9.84 Å². The van der Waals surface area contributed by atoms with Crippen LogP contribution in [0.3, 0.4) is 0 Å². The van der Waals surface area contributed by atoms with Crippen LogP contribution in [-0.4, -0.2) is 23.4 Å². The molecule has 2 heteroatoms. The van der Waals surface area contributed by atoms with Gasteiger partial charge in [-0.15, -0.1) is 0 Å². The molecular formula is C15H20O2. The van der Waals surface area contributed by atoms with E-state index in [0.29, 0.717) is 0 Å². The molecule has 1 saturated heterocycles. The van der Waals surface area contributed by atoms with E-state index < -0.39 is 5.60 Å². The van der Waals surface area contributed by atoms with E-state index in [9.17, 15) is 5.11 Å². The highest BCUT2D eigenvalue weighted by molar-refractivity contribution is 5.49. The molecule has 0 bridgehead atoms. The van der Waals surface area contributed by atoms with Gasteiger partial charge in [-0.25, -0.2) is 0 Å². The van der Waals surface area contributed by atoms with Gasteiger partial charge in [-0.05, 0) is 31.7 Å². The van der Waals surface area contributed by atoms with Crippen LogP contribution >= 0.6 is 0 Å². The van der Waals surface area contributed by atoms with Crippen LogP contribution in [0.25, 0.3) is 6.08 Å². The van der Waals surface area contributed by atoms with Gasteiger partial charge in [0.1, 0.15) is 6.10 Å². The third kappa shape index (κ3) is 3.42. The molecular weight excluding hydrogens is 212 g/mol. The Labute approximate surface area is 103 Å². The van der Waals surface area contributed by atoms with Crippen LogP contribution in [-0.2, 0) is 4.74 Å². The van der Waals surface area contributed by atoms with Crippen molar-refractivity contribution in [3.8, 4) is 0 Å². The van der Waals surface area contributed by atoms with Crippen LogP contribution in [0.1, 0.15) is 31.7 Å². The summed E-state index contributed by atoms with van der Waals surface area (Å²) in [6, 6.07) is 10.1. The molecule has 1 aromatic rings. The first-order valence-electron chi connectivity index (χ1n) is 6.26. The van der Waals surface area contributed by atoms with Gasteiger partial charge in [-0.2, -0.15) is 0 Å². The maximum absolute atomic E-state index is 10.3. The van der Waals surface area contributed by atoms with Crippen LogP contribution in [0.4, 0.5) is 0 Å². The molecule has 0 aliphatic carbocycles. The van der Waals surface area contributed by atoms with Crippen molar-refractivity contribution in [2.45, 2.75) is 37.9 Å². The highest BCUT2D eigenvalue weighted by Crippen LogP contribution is 2.25. The van der Waals surface area contributed by atoms with E-state index in [1.165, 1.54) is 0 Å². The molecule has 1 aliphatic heterocycles. The fourth-order valence-electron chi connectivity index (χ4n) is 2.14. The van der Waals surface area contributed by atoms with Crippen LogP contribution in [0.15, 0.2) is 36.4 Å². The van der Waals surface area contributed by atoms with Crippen molar-refractivity contribution in [1.29, 1.82) is 0 Å². The van der Waals surface area contributed by atoms with Crippen LogP contribution in [0, 0.1) is 0 Å². The van der Waals surface area contributed by atoms with Crippen LogP contribution in [0.2, 0.25) is 0 Å². The third-order valence-corrected chi connectivity index (χ3v) is 3.25. The SMILES string of the molecule is C[C@@]1(O)CCCCO[C@@H]1/C=C/c1ccccc1. The third-order valence-electron chi connectivity index (χ3n) is 3.25. The monoisotopic (exact) mass is 232 g/mol. The van der Waals surface area contributed by atoms with Gasteiger partial charge in [0.2, 0.25) is 0 Å². The summed E-state index contributed by atoms with van der Waals surface area (Å²) in [5.74, 6) is 0. The van der Waals surface area contributed by atoms with Gasteiger partial charge in [0.05, 0.1) is 5.60 Å². The lowest BCUT2D eigenvalue weighted by Crippen LogP contribution is -2.38. The normalized spacial score (nSPS) is 30.4. The average Bonchev–Trinajstić information content (AvgIpc) is 2.49. The predicted octanol–water partition coefficient (Wildman–Crippen LogP) is 3.02. The lowest BCUT2D eigenvalue weighted by Gasteiger charge is -2.28. The molecule has 2 nitrogen and oxygen atoms in total. The predicted molar refractivity (Wildman–Crippen MR) is 69.7 cm³/mol. The van der Waals surface area contributed by atoms with Gasteiger partial charge >= 0.3 is 0 Å². The molecule has 0 spiro atoms. The molecule has 0 saturated carbocycles. The quantitative estimate of drug-likeness (QED) is 0.849. The Hall–Kier alpha value is -1.12. The fraction of sp³-hybridized carbons (Fsp3) is 0.467. The molecule has 1 N–H and O–H groups in total. The standard InChI is InChI=1S/C15H20O2/c1-15(16)11-5-6-12-17-14(15)10-9-13-7-3-2-4-8-13/h2-4,7-10,14,16H,5-6,11-12H2,1H3/b10-9+/t14-,15-/m1/s1. The van der Waals surface area contributed by atoms with Crippen molar-refractivity contribution >= 4 is 6.08 Å². The minimum Gasteiger partial charge on any atom is -0.387 e. The van der Waals surface area contributed by atoms with E-state index in [1.54, 1.807) is 0 Å². The second kappa shape index (κ2) is 5.48. The first-order valence-corrected chi connectivity index (χ1v) is 6.26. The van der Waals surface area contributed by atoms with E-state index in [2.05, 4.69) is 0 Å². The summed E-state index contributed by atoms with van der Waals surface area (Å²) < 4.78 is 5.70. The zero-order valence-corrected chi connectivity index (χ0v) is 10.3. The molecule has 92 valence electrons. The number of hydrogen-bond donors (Lipinski definition) is 1. The Morgan fingerprint density at radius 1 is 1.29 bits per heavy atom. The highest BCUT2D eigenvalue weighted by atomic mass is 16.5. The molecule has 0 unspecified atom stereocenters. The molecule has 1 fully saturated rings. The zero-order valence-electron chi connectivity index (χ0n) is 10.3. The summed E-state index contributed by atoms with van der Waals surface area (Å²) >= 11 is 0. The minimum absolute atomic E-state index is 0.204. The van der Waals surface area contributed by atoms with Crippen LogP contribution in [0.5, 0.6) is 0 Å². The summed E-state index contributed by atoms with van der Waals surface area (Å²) in [6.07, 6.45) is 6.65. The number of benzene rings is 1. The average molecular weight is 232 g/mol. The van der Waals surface area contributed by atoms with Crippen molar-refractivity contribution in [2.75, 3.05) is 6.61 Å². The van der Waals surface area contributed by atoms with E-state index in [4.69, 9.17) is 4.74 Å². The highest BCUT2D eigenvalue weighted by Gasteiger charge is 2.32. The van der Waals surface area contributed by atoms with E-state index in [-0.39, 0.29) is 6.10 Å². The van der Waals surface area contributed by atoms with Crippen molar-refractivity contribution in [3.63, 3.8) is 0 Å². The van der Waals surface area contributed by atoms with Gasteiger partial charge in [0, 0.05) is 6.61 Å². The van der Waals surface area contributed by atoms with Crippen molar-refractivity contribution in [1.82, 2.24) is 0 Å².